The molecule has 4 nitrogen and oxygen atoms in total. The number of benzene rings is 1. The molecule has 0 atom stereocenters. The van der Waals surface area contributed by atoms with Gasteiger partial charge in [0.05, 0.1) is 6.42 Å². The molecule has 0 radical (unpaired) electrons. The van der Waals surface area contributed by atoms with E-state index in [1.54, 1.807) is 4.90 Å². The second kappa shape index (κ2) is 4.44. The summed E-state index contributed by atoms with van der Waals surface area (Å²) in [6.45, 7) is 1.10. The molecule has 1 aromatic carbocycles. The first kappa shape index (κ1) is 11.3. The molecule has 0 saturated heterocycles. The maximum absolute atomic E-state index is 11.9. The van der Waals surface area contributed by atoms with Gasteiger partial charge in [0.25, 0.3) is 0 Å². The Hall–Kier alpha value is -1.84. The zero-order chi connectivity index (χ0) is 12.5. The molecular weight excluding hydrogens is 228 g/mol. The Bertz CT molecular complexity index is 494. The first-order valence-corrected chi connectivity index (χ1v) is 6.41. The zero-order valence-electron chi connectivity index (χ0n) is 10.2. The molecule has 4 heteroatoms. The molecule has 0 aromatic heterocycles. The van der Waals surface area contributed by atoms with Crippen LogP contribution in [0.15, 0.2) is 24.3 Å². The summed E-state index contributed by atoms with van der Waals surface area (Å²) < 4.78 is 0. The van der Waals surface area contributed by atoms with Crippen LogP contribution >= 0.6 is 0 Å². The van der Waals surface area contributed by atoms with Crippen molar-refractivity contribution in [2.45, 2.75) is 19.3 Å². The lowest BCUT2D eigenvalue weighted by atomic mass is 10.2. The Labute approximate surface area is 106 Å². The van der Waals surface area contributed by atoms with Crippen molar-refractivity contribution in [3.63, 3.8) is 0 Å². The smallest absolute Gasteiger partial charge is 0.231 e. The fourth-order valence-corrected chi connectivity index (χ4v) is 2.34. The molecule has 1 aromatic rings. The van der Waals surface area contributed by atoms with Crippen molar-refractivity contribution < 1.29 is 9.59 Å². The van der Waals surface area contributed by atoms with E-state index in [2.05, 4.69) is 5.32 Å². The standard InChI is InChI=1S/C14H16N2O2/c17-13-9-11-3-1-2-4-12(11)16(13)8-7-15-14(18)10-5-6-10/h1-4,10H,5-9H2,(H,15,18). The van der Waals surface area contributed by atoms with Crippen LogP contribution in [0, 0.1) is 5.92 Å². The number of carbonyl (C=O) groups is 2. The molecule has 94 valence electrons. The van der Waals surface area contributed by atoms with Gasteiger partial charge in [-0.05, 0) is 24.5 Å². The molecule has 1 fully saturated rings. The fraction of sp³-hybridized carbons (Fsp3) is 0.429. The molecule has 1 saturated carbocycles. The Morgan fingerprint density at radius 1 is 1.33 bits per heavy atom. The van der Waals surface area contributed by atoms with E-state index in [0.29, 0.717) is 19.5 Å². The normalized spacial score (nSPS) is 17.8. The summed E-state index contributed by atoms with van der Waals surface area (Å²) in [5, 5.41) is 2.89. The van der Waals surface area contributed by atoms with Crippen molar-refractivity contribution >= 4 is 17.5 Å². The quantitative estimate of drug-likeness (QED) is 0.862. The van der Waals surface area contributed by atoms with Gasteiger partial charge in [0.2, 0.25) is 11.8 Å². The number of nitrogens with zero attached hydrogens (tertiary/aromatic N) is 1. The van der Waals surface area contributed by atoms with Crippen LogP contribution in [-0.4, -0.2) is 24.9 Å². The summed E-state index contributed by atoms with van der Waals surface area (Å²) in [6, 6.07) is 7.83. The van der Waals surface area contributed by atoms with Gasteiger partial charge in [0, 0.05) is 24.7 Å². The molecule has 2 aliphatic rings. The molecule has 1 aliphatic carbocycles. The SMILES string of the molecule is O=C(NCCN1C(=O)Cc2ccccc21)C1CC1. The van der Waals surface area contributed by atoms with Crippen LogP contribution < -0.4 is 10.2 Å². The van der Waals surface area contributed by atoms with E-state index in [1.807, 2.05) is 24.3 Å². The van der Waals surface area contributed by atoms with Crippen LogP contribution in [0.25, 0.3) is 0 Å². The lowest BCUT2D eigenvalue weighted by Crippen LogP contribution is -2.37. The third kappa shape index (κ3) is 2.10. The first-order valence-electron chi connectivity index (χ1n) is 6.41. The zero-order valence-corrected chi connectivity index (χ0v) is 10.2. The van der Waals surface area contributed by atoms with E-state index >= 15 is 0 Å². The maximum atomic E-state index is 11.9. The van der Waals surface area contributed by atoms with Gasteiger partial charge in [-0.25, -0.2) is 0 Å². The van der Waals surface area contributed by atoms with Crippen molar-refractivity contribution in [3.05, 3.63) is 29.8 Å². The average Bonchev–Trinajstić information content (AvgIpc) is 3.15. The summed E-state index contributed by atoms with van der Waals surface area (Å²) in [4.78, 5) is 25.1. The second-order valence-corrected chi connectivity index (χ2v) is 4.92. The third-order valence-corrected chi connectivity index (χ3v) is 3.51. The minimum absolute atomic E-state index is 0.122. The van der Waals surface area contributed by atoms with Gasteiger partial charge in [-0.2, -0.15) is 0 Å². The van der Waals surface area contributed by atoms with Crippen LogP contribution in [0.1, 0.15) is 18.4 Å². The van der Waals surface area contributed by atoms with Crippen LogP contribution in [0.2, 0.25) is 0 Å². The maximum Gasteiger partial charge on any atom is 0.231 e. The predicted octanol–water partition coefficient (Wildman–Crippen LogP) is 1.10. The highest BCUT2D eigenvalue weighted by Crippen LogP contribution is 2.29. The largest absolute Gasteiger partial charge is 0.354 e. The van der Waals surface area contributed by atoms with Crippen LogP contribution in [0.4, 0.5) is 5.69 Å². The van der Waals surface area contributed by atoms with E-state index in [1.165, 1.54) is 0 Å². The summed E-state index contributed by atoms with van der Waals surface area (Å²) in [6.07, 6.45) is 2.50. The highest BCUT2D eigenvalue weighted by atomic mass is 16.2. The molecule has 1 aliphatic heterocycles. The Balaban J connectivity index is 1.59. The van der Waals surface area contributed by atoms with Crippen molar-refractivity contribution in [3.8, 4) is 0 Å². The van der Waals surface area contributed by atoms with Crippen molar-refractivity contribution in [1.29, 1.82) is 0 Å². The first-order chi connectivity index (χ1) is 8.75. The highest BCUT2D eigenvalue weighted by molar-refractivity contribution is 6.01. The summed E-state index contributed by atoms with van der Waals surface area (Å²) in [7, 11) is 0. The molecule has 1 N–H and O–H groups in total. The predicted molar refractivity (Wildman–Crippen MR) is 68.2 cm³/mol. The van der Waals surface area contributed by atoms with Crippen molar-refractivity contribution in [2.75, 3.05) is 18.0 Å². The van der Waals surface area contributed by atoms with Gasteiger partial charge < -0.3 is 10.2 Å². The van der Waals surface area contributed by atoms with E-state index < -0.39 is 0 Å². The Morgan fingerprint density at radius 3 is 2.89 bits per heavy atom. The number of hydrogen-bond donors (Lipinski definition) is 1. The number of fused-ring (bicyclic) bond motifs is 1. The van der Waals surface area contributed by atoms with Crippen LogP contribution in [0.5, 0.6) is 0 Å². The van der Waals surface area contributed by atoms with E-state index in [9.17, 15) is 9.59 Å². The number of hydrogen-bond acceptors (Lipinski definition) is 2. The number of anilines is 1. The van der Waals surface area contributed by atoms with Gasteiger partial charge in [-0.15, -0.1) is 0 Å². The summed E-state index contributed by atoms with van der Waals surface area (Å²) in [5.74, 6) is 0.485. The van der Waals surface area contributed by atoms with Gasteiger partial charge in [-0.3, -0.25) is 9.59 Å². The summed E-state index contributed by atoms with van der Waals surface area (Å²) >= 11 is 0. The molecular formula is C14H16N2O2. The Morgan fingerprint density at radius 2 is 2.11 bits per heavy atom. The highest BCUT2D eigenvalue weighted by Gasteiger charge is 2.30. The molecule has 2 amide bonds. The van der Waals surface area contributed by atoms with Crippen LogP contribution in [0.3, 0.4) is 0 Å². The lowest BCUT2D eigenvalue weighted by molar-refractivity contribution is -0.122. The van der Waals surface area contributed by atoms with Gasteiger partial charge in [0.1, 0.15) is 0 Å². The van der Waals surface area contributed by atoms with E-state index in [-0.39, 0.29) is 17.7 Å². The number of rotatable bonds is 4. The van der Waals surface area contributed by atoms with E-state index in [0.717, 1.165) is 24.1 Å². The second-order valence-electron chi connectivity index (χ2n) is 4.92. The Kier molecular flexibility index (Phi) is 2.78. The monoisotopic (exact) mass is 244 g/mol. The number of carbonyl (C=O) groups excluding carboxylic acids is 2. The number of para-hydroxylation sites is 1. The molecule has 18 heavy (non-hydrogen) atoms. The molecule has 1 heterocycles. The number of amides is 2. The van der Waals surface area contributed by atoms with Gasteiger partial charge >= 0.3 is 0 Å². The molecule has 3 rings (SSSR count). The lowest BCUT2D eigenvalue weighted by Gasteiger charge is -2.17. The topological polar surface area (TPSA) is 49.4 Å². The minimum Gasteiger partial charge on any atom is -0.354 e. The minimum atomic E-state index is 0.122. The fourth-order valence-electron chi connectivity index (χ4n) is 2.34. The van der Waals surface area contributed by atoms with Gasteiger partial charge in [0.15, 0.2) is 0 Å². The summed E-state index contributed by atoms with van der Waals surface area (Å²) in [5.41, 5.74) is 2.07. The third-order valence-electron chi connectivity index (χ3n) is 3.51. The average molecular weight is 244 g/mol. The molecule has 0 bridgehead atoms. The number of nitrogens with one attached hydrogen (secondary N) is 1. The molecule has 0 spiro atoms. The van der Waals surface area contributed by atoms with Crippen LogP contribution in [-0.2, 0) is 16.0 Å². The molecule has 0 unspecified atom stereocenters. The van der Waals surface area contributed by atoms with Crippen molar-refractivity contribution in [1.82, 2.24) is 5.32 Å². The van der Waals surface area contributed by atoms with E-state index in [4.69, 9.17) is 0 Å². The van der Waals surface area contributed by atoms with Crippen molar-refractivity contribution in [2.24, 2.45) is 5.92 Å². The van der Waals surface area contributed by atoms with Gasteiger partial charge in [-0.1, -0.05) is 18.2 Å².